The number of rotatable bonds is 3. The van der Waals surface area contributed by atoms with Gasteiger partial charge in [-0.3, -0.25) is 5.32 Å². The number of nitrogens with one attached hydrogen (secondary N) is 1. The van der Waals surface area contributed by atoms with Crippen molar-refractivity contribution in [3.05, 3.63) is 11.6 Å². The van der Waals surface area contributed by atoms with Crippen LogP contribution >= 0.6 is 0 Å². The Bertz CT molecular complexity index is 361. The fraction of sp³-hybridized carbons (Fsp3) is 0.882. The van der Waals surface area contributed by atoms with E-state index in [0.717, 1.165) is 25.7 Å². The van der Waals surface area contributed by atoms with Gasteiger partial charge in [0.15, 0.2) is 0 Å². The molecule has 2 heterocycles. The molecule has 5 atom stereocenters. The lowest BCUT2D eigenvalue weighted by Gasteiger charge is -2.25. The molecule has 22 heavy (non-hydrogen) atoms. The zero-order valence-corrected chi connectivity index (χ0v) is 13.8. The van der Waals surface area contributed by atoms with Crippen molar-refractivity contribution in [3.8, 4) is 0 Å². The quantitative estimate of drug-likeness (QED) is 0.690. The van der Waals surface area contributed by atoms with Gasteiger partial charge in [-0.2, -0.15) is 0 Å². The number of hydrogen-bond acceptors (Lipinski definition) is 5. The predicted molar refractivity (Wildman–Crippen MR) is 85.5 cm³/mol. The van der Waals surface area contributed by atoms with Crippen LogP contribution in [-0.4, -0.2) is 54.5 Å². The minimum Gasteiger partial charge on any atom is -0.393 e. The molecule has 128 valence electrons. The highest BCUT2D eigenvalue weighted by Gasteiger charge is 2.31. The summed E-state index contributed by atoms with van der Waals surface area (Å²) in [6.45, 7) is 6.01. The van der Waals surface area contributed by atoms with Crippen LogP contribution in [0.25, 0.3) is 0 Å². The highest BCUT2D eigenvalue weighted by atomic mass is 16.5. The first kappa shape index (κ1) is 17.9. The summed E-state index contributed by atoms with van der Waals surface area (Å²) in [7, 11) is 0. The second-order valence-electron chi connectivity index (χ2n) is 6.59. The Labute approximate surface area is 133 Å². The lowest BCUT2D eigenvalue weighted by atomic mass is 9.88. The van der Waals surface area contributed by atoms with Gasteiger partial charge >= 0.3 is 0 Å². The average molecular weight is 313 g/mol. The zero-order valence-electron chi connectivity index (χ0n) is 13.8. The number of hydrogen-bond donors (Lipinski definition) is 3. The number of aliphatic hydroxyl groups excluding tert-OH is 2. The lowest BCUT2D eigenvalue weighted by Crippen LogP contribution is -2.39. The van der Waals surface area contributed by atoms with Crippen molar-refractivity contribution < 1.29 is 19.7 Å². The molecule has 2 aliphatic rings. The Balaban J connectivity index is 2.06. The standard InChI is InChI=1S/C17H31NO4/c1-3-5-13-8-15(18-17(20)9-16(13)19)14-6-4-7-22-12(2)10-21-11-14/h6,12-13,15-20H,3-5,7-11H2,1-2H3/b14-6+/t12?,13?,15?,16-,17?/m0/s1. The van der Waals surface area contributed by atoms with Gasteiger partial charge in [-0.25, -0.2) is 0 Å². The maximum atomic E-state index is 10.3. The van der Waals surface area contributed by atoms with E-state index < -0.39 is 12.3 Å². The summed E-state index contributed by atoms with van der Waals surface area (Å²) in [6.07, 6.45) is 5.33. The molecule has 0 aromatic carbocycles. The highest BCUT2D eigenvalue weighted by molar-refractivity contribution is 5.13. The van der Waals surface area contributed by atoms with Crippen LogP contribution in [0.15, 0.2) is 11.6 Å². The van der Waals surface area contributed by atoms with Crippen molar-refractivity contribution >= 4 is 0 Å². The largest absolute Gasteiger partial charge is 0.393 e. The molecule has 0 bridgehead atoms. The summed E-state index contributed by atoms with van der Waals surface area (Å²) in [4.78, 5) is 0. The molecule has 0 aromatic heterocycles. The van der Waals surface area contributed by atoms with E-state index in [1.54, 1.807) is 0 Å². The molecule has 4 unspecified atom stereocenters. The van der Waals surface area contributed by atoms with Crippen molar-refractivity contribution in [2.45, 2.75) is 70.4 Å². The SMILES string of the molecule is CCCC1CC(/C2=C/CCOC(C)COC2)NC(O)C[C@@H]1O. The minimum absolute atomic E-state index is 0.0668. The third kappa shape index (κ3) is 5.32. The molecule has 0 radical (unpaired) electrons. The van der Waals surface area contributed by atoms with E-state index in [0.29, 0.717) is 26.2 Å². The topological polar surface area (TPSA) is 71.0 Å². The Morgan fingerprint density at radius 1 is 1.32 bits per heavy atom. The smallest absolute Gasteiger partial charge is 0.107 e. The lowest BCUT2D eigenvalue weighted by molar-refractivity contribution is 0.00299. The first-order valence-corrected chi connectivity index (χ1v) is 8.60. The predicted octanol–water partition coefficient (Wildman–Crippen LogP) is 1.59. The van der Waals surface area contributed by atoms with Crippen LogP contribution in [0.5, 0.6) is 0 Å². The van der Waals surface area contributed by atoms with E-state index in [4.69, 9.17) is 9.47 Å². The van der Waals surface area contributed by atoms with E-state index in [-0.39, 0.29) is 18.1 Å². The van der Waals surface area contributed by atoms with Crippen molar-refractivity contribution in [2.24, 2.45) is 5.92 Å². The second kappa shape index (κ2) is 8.99. The molecule has 2 rings (SSSR count). The third-order valence-corrected chi connectivity index (χ3v) is 4.60. The van der Waals surface area contributed by atoms with Gasteiger partial charge < -0.3 is 19.7 Å². The van der Waals surface area contributed by atoms with Crippen LogP contribution in [0.4, 0.5) is 0 Å². The van der Waals surface area contributed by atoms with Gasteiger partial charge in [-0.1, -0.05) is 19.4 Å². The first-order chi connectivity index (χ1) is 10.6. The van der Waals surface area contributed by atoms with Crippen LogP contribution in [-0.2, 0) is 9.47 Å². The Morgan fingerprint density at radius 3 is 2.91 bits per heavy atom. The van der Waals surface area contributed by atoms with E-state index in [1.165, 1.54) is 5.57 Å². The van der Waals surface area contributed by atoms with Crippen LogP contribution in [0, 0.1) is 5.92 Å². The second-order valence-corrected chi connectivity index (χ2v) is 6.59. The van der Waals surface area contributed by atoms with Crippen molar-refractivity contribution in [1.82, 2.24) is 5.32 Å². The summed E-state index contributed by atoms with van der Waals surface area (Å²) in [6, 6.07) is 0.0668. The van der Waals surface area contributed by atoms with Crippen LogP contribution in [0.1, 0.15) is 46.0 Å². The van der Waals surface area contributed by atoms with Gasteiger partial charge in [-0.15, -0.1) is 0 Å². The molecule has 0 spiro atoms. The molecule has 0 amide bonds. The molecule has 5 heteroatoms. The Morgan fingerprint density at radius 2 is 2.14 bits per heavy atom. The molecular formula is C17H31NO4. The summed E-state index contributed by atoms with van der Waals surface area (Å²) < 4.78 is 11.4. The van der Waals surface area contributed by atoms with E-state index >= 15 is 0 Å². The third-order valence-electron chi connectivity index (χ3n) is 4.60. The fourth-order valence-electron chi connectivity index (χ4n) is 3.39. The van der Waals surface area contributed by atoms with Gasteiger partial charge in [0.05, 0.1) is 32.0 Å². The first-order valence-electron chi connectivity index (χ1n) is 8.60. The van der Waals surface area contributed by atoms with Gasteiger partial charge in [0.25, 0.3) is 0 Å². The molecule has 0 aliphatic carbocycles. The summed E-state index contributed by atoms with van der Waals surface area (Å²) >= 11 is 0. The summed E-state index contributed by atoms with van der Waals surface area (Å²) in [5.74, 6) is 0.225. The van der Waals surface area contributed by atoms with E-state index in [9.17, 15) is 10.2 Å². The van der Waals surface area contributed by atoms with Crippen molar-refractivity contribution in [3.63, 3.8) is 0 Å². The molecular weight excluding hydrogens is 282 g/mol. The summed E-state index contributed by atoms with van der Waals surface area (Å²) in [5, 5.41) is 23.6. The molecule has 1 saturated heterocycles. The van der Waals surface area contributed by atoms with Gasteiger partial charge in [0, 0.05) is 12.5 Å². The van der Waals surface area contributed by atoms with Gasteiger partial charge in [-0.05, 0) is 37.7 Å². The number of ether oxygens (including phenoxy) is 2. The number of aliphatic hydroxyl groups is 2. The van der Waals surface area contributed by atoms with Crippen molar-refractivity contribution in [1.29, 1.82) is 0 Å². The fourth-order valence-corrected chi connectivity index (χ4v) is 3.39. The van der Waals surface area contributed by atoms with Gasteiger partial charge in [0.2, 0.25) is 0 Å². The van der Waals surface area contributed by atoms with E-state index in [1.807, 2.05) is 6.92 Å². The maximum absolute atomic E-state index is 10.3. The van der Waals surface area contributed by atoms with E-state index in [2.05, 4.69) is 18.3 Å². The zero-order chi connectivity index (χ0) is 15.9. The molecule has 0 aromatic rings. The highest BCUT2D eigenvalue weighted by Crippen LogP contribution is 2.27. The molecule has 3 N–H and O–H groups in total. The molecule has 5 nitrogen and oxygen atoms in total. The monoisotopic (exact) mass is 313 g/mol. The van der Waals surface area contributed by atoms with Crippen LogP contribution in [0.2, 0.25) is 0 Å². The minimum atomic E-state index is -0.662. The normalized spacial score (nSPS) is 40.7. The van der Waals surface area contributed by atoms with Crippen molar-refractivity contribution in [2.75, 3.05) is 19.8 Å². The summed E-state index contributed by atoms with van der Waals surface area (Å²) in [5.41, 5.74) is 1.17. The Hall–Kier alpha value is -0.460. The Kier molecular flexibility index (Phi) is 7.31. The molecule has 0 saturated carbocycles. The molecule has 1 fully saturated rings. The van der Waals surface area contributed by atoms with Crippen LogP contribution < -0.4 is 5.32 Å². The molecule has 2 aliphatic heterocycles. The maximum Gasteiger partial charge on any atom is 0.107 e. The van der Waals surface area contributed by atoms with Gasteiger partial charge in [0.1, 0.15) is 6.23 Å². The van der Waals surface area contributed by atoms with Crippen LogP contribution in [0.3, 0.4) is 0 Å². The average Bonchev–Trinajstić information content (AvgIpc) is 2.55.